The van der Waals surface area contributed by atoms with Crippen molar-refractivity contribution in [3.63, 3.8) is 0 Å². The Morgan fingerprint density at radius 3 is 2.47 bits per heavy atom. The number of hydrogen-bond acceptors (Lipinski definition) is 7. The maximum Gasteiger partial charge on any atom is 0.349 e. The second kappa shape index (κ2) is 9.59. The first-order valence-electron chi connectivity index (χ1n) is 11.0. The van der Waals surface area contributed by atoms with Crippen LogP contribution in [0.5, 0.6) is 0 Å². The SMILES string of the molecule is Cc1c(C(=O)OCC(=O)Nc2cc(-c3ccccc3)nn2-c2ccccc2)sc2ncn(C)c(=O)c12. The van der Waals surface area contributed by atoms with Crippen molar-refractivity contribution in [2.75, 3.05) is 11.9 Å². The normalized spacial score (nSPS) is 10.9. The molecule has 180 valence electrons. The molecule has 0 fully saturated rings. The second-order valence-corrected chi connectivity index (χ2v) is 9.05. The molecule has 1 amide bonds. The van der Waals surface area contributed by atoms with Gasteiger partial charge in [0.1, 0.15) is 15.5 Å². The van der Waals surface area contributed by atoms with Gasteiger partial charge in [0.2, 0.25) is 0 Å². The van der Waals surface area contributed by atoms with Gasteiger partial charge in [0.25, 0.3) is 11.5 Å². The monoisotopic (exact) mass is 499 g/mol. The lowest BCUT2D eigenvalue weighted by atomic mass is 10.2. The molecule has 0 bridgehead atoms. The van der Waals surface area contributed by atoms with Gasteiger partial charge >= 0.3 is 5.97 Å². The molecule has 5 aromatic rings. The number of thiophene rings is 1. The second-order valence-electron chi connectivity index (χ2n) is 8.05. The smallest absolute Gasteiger partial charge is 0.349 e. The van der Waals surface area contributed by atoms with E-state index in [0.717, 1.165) is 22.6 Å². The van der Waals surface area contributed by atoms with Crippen LogP contribution in [0.25, 0.3) is 27.2 Å². The molecule has 36 heavy (non-hydrogen) atoms. The van der Waals surface area contributed by atoms with E-state index in [1.54, 1.807) is 24.7 Å². The van der Waals surface area contributed by atoms with Crippen LogP contribution in [0.15, 0.2) is 77.9 Å². The van der Waals surface area contributed by atoms with E-state index in [9.17, 15) is 14.4 Å². The van der Waals surface area contributed by atoms with Crippen LogP contribution in [0.1, 0.15) is 15.2 Å². The standard InChI is InChI=1S/C26H21N5O4S/c1-16-22-24(27-15-30(2)25(22)33)36-23(16)26(34)35-14-21(32)28-20-13-19(17-9-5-3-6-10-17)29-31(20)18-11-7-4-8-12-18/h3-13,15H,14H2,1-2H3,(H,28,32). The lowest BCUT2D eigenvalue weighted by Gasteiger charge is -2.09. The minimum absolute atomic E-state index is 0.242. The maximum atomic E-state index is 12.7. The Balaban J connectivity index is 1.35. The number of rotatable bonds is 6. The number of carbonyl (C=O) groups excluding carboxylic acids is 2. The van der Waals surface area contributed by atoms with E-state index in [-0.39, 0.29) is 10.4 Å². The summed E-state index contributed by atoms with van der Waals surface area (Å²) in [4.78, 5) is 42.8. The summed E-state index contributed by atoms with van der Waals surface area (Å²) in [6, 6.07) is 20.8. The van der Waals surface area contributed by atoms with E-state index >= 15 is 0 Å². The number of nitrogens with one attached hydrogen (secondary N) is 1. The average molecular weight is 500 g/mol. The van der Waals surface area contributed by atoms with Gasteiger partial charge in [-0.2, -0.15) is 5.10 Å². The van der Waals surface area contributed by atoms with Crippen LogP contribution >= 0.6 is 11.3 Å². The summed E-state index contributed by atoms with van der Waals surface area (Å²) in [5, 5.41) is 7.82. The highest BCUT2D eigenvalue weighted by Crippen LogP contribution is 2.28. The minimum Gasteiger partial charge on any atom is -0.451 e. The lowest BCUT2D eigenvalue weighted by Crippen LogP contribution is -2.22. The van der Waals surface area contributed by atoms with Gasteiger partial charge in [0, 0.05) is 18.7 Å². The molecule has 10 heteroatoms. The van der Waals surface area contributed by atoms with Crippen LogP contribution in [-0.2, 0) is 16.6 Å². The van der Waals surface area contributed by atoms with Crippen LogP contribution in [0.4, 0.5) is 5.82 Å². The maximum absolute atomic E-state index is 12.7. The van der Waals surface area contributed by atoms with E-state index in [2.05, 4.69) is 15.4 Å². The molecule has 3 heterocycles. The van der Waals surface area contributed by atoms with E-state index < -0.39 is 18.5 Å². The van der Waals surface area contributed by atoms with Crippen molar-refractivity contribution in [2.45, 2.75) is 6.92 Å². The largest absolute Gasteiger partial charge is 0.451 e. The molecule has 0 radical (unpaired) electrons. The first kappa shape index (κ1) is 23.2. The molecule has 0 unspecified atom stereocenters. The Hall–Kier alpha value is -4.57. The van der Waals surface area contributed by atoms with Crippen LogP contribution in [0, 0.1) is 6.92 Å². The highest BCUT2D eigenvalue weighted by Gasteiger charge is 2.21. The van der Waals surface area contributed by atoms with Gasteiger partial charge in [0.05, 0.1) is 23.1 Å². The summed E-state index contributed by atoms with van der Waals surface area (Å²) >= 11 is 1.07. The molecular weight excluding hydrogens is 478 g/mol. The lowest BCUT2D eigenvalue weighted by molar-refractivity contribution is -0.119. The number of aryl methyl sites for hydroxylation is 2. The zero-order chi connectivity index (χ0) is 25.2. The number of fused-ring (bicyclic) bond motifs is 1. The number of nitrogens with zero attached hydrogens (tertiary/aromatic N) is 4. The van der Waals surface area contributed by atoms with Crippen molar-refractivity contribution in [2.24, 2.45) is 7.05 Å². The number of carbonyl (C=O) groups is 2. The molecule has 0 aliphatic carbocycles. The quantitative estimate of drug-likeness (QED) is 0.355. The van der Waals surface area contributed by atoms with Crippen LogP contribution in [-0.4, -0.2) is 37.8 Å². The summed E-state index contributed by atoms with van der Waals surface area (Å²) < 4.78 is 8.25. The fourth-order valence-corrected chi connectivity index (χ4v) is 4.80. The van der Waals surface area contributed by atoms with Crippen molar-refractivity contribution < 1.29 is 14.3 Å². The van der Waals surface area contributed by atoms with Gasteiger partial charge in [-0.15, -0.1) is 11.3 Å². The molecule has 0 aliphatic rings. The van der Waals surface area contributed by atoms with Gasteiger partial charge in [-0.3, -0.25) is 9.59 Å². The Kier molecular flexibility index (Phi) is 6.17. The summed E-state index contributed by atoms with van der Waals surface area (Å²) in [7, 11) is 1.59. The molecule has 5 rings (SSSR count). The third kappa shape index (κ3) is 4.41. The fraction of sp³-hybridized carbons (Fsp3) is 0.115. The number of para-hydroxylation sites is 1. The number of benzene rings is 2. The first-order valence-corrected chi connectivity index (χ1v) is 11.9. The van der Waals surface area contributed by atoms with E-state index in [1.165, 1.54) is 10.9 Å². The van der Waals surface area contributed by atoms with Crippen molar-refractivity contribution in [3.05, 3.63) is 93.9 Å². The fourth-order valence-electron chi connectivity index (χ4n) is 3.77. The van der Waals surface area contributed by atoms with Gasteiger partial charge in [-0.1, -0.05) is 48.5 Å². The van der Waals surface area contributed by atoms with Gasteiger partial charge < -0.3 is 14.6 Å². The first-order chi connectivity index (χ1) is 17.4. The van der Waals surface area contributed by atoms with Crippen molar-refractivity contribution in [1.82, 2.24) is 19.3 Å². The topological polar surface area (TPSA) is 108 Å². The Bertz CT molecular complexity index is 1640. The Morgan fingerprint density at radius 1 is 1.06 bits per heavy atom. The number of ether oxygens (including phenoxy) is 1. The summed E-state index contributed by atoms with van der Waals surface area (Å²) in [5.41, 5.74) is 2.59. The molecule has 0 aliphatic heterocycles. The number of amides is 1. The van der Waals surface area contributed by atoms with Crippen molar-refractivity contribution in [3.8, 4) is 16.9 Å². The number of anilines is 1. The molecule has 2 aromatic carbocycles. The van der Waals surface area contributed by atoms with Gasteiger partial charge in [0.15, 0.2) is 6.61 Å². The van der Waals surface area contributed by atoms with Gasteiger partial charge in [-0.05, 0) is 24.6 Å². The highest BCUT2D eigenvalue weighted by atomic mass is 32.1. The predicted octanol–water partition coefficient (Wildman–Crippen LogP) is 3.95. The Morgan fingerprint density at radius 2 is 1.75 bits per heavy atom. The summed E-state index contributed by atoms with van der Waals surface area (Å²) in [5.74, 6) is -0.770. The van der Waals surface area contributed by atoms with Crippen molar-refractivity contribution in [1.29, 1.82) is 0 Å². The summed E-state index contributed by atoms with van der Waals surface area (Å²) in [6.45, 7) is 1.17. The Labute approximate surface area is 209 Å². The molecular formula is C26H21N5O4S. The van der Waals surface area contributed by atoms with Crippen LogP contribution in [0.2, 0.25) is 0 Å². The number of esters is 1. The number of hydrogen-bond donors (Lipinski definition) is 1. The average Bonchev–Trinajstić information content (AvgIpc) is 3.47. The molecule has 0 saturated heterocycles. The van der Waals surface area contributed by atoms with E-state index in [4.69, 9.17) is 4.74 Å². The molecule has 3 aromatic heterocycles. The predicted molar refractivity (Wildman–Crippen MR) is 138 cm³/mol. The molecule has 0 spiro atoms. The third-order valence-electron chi connectivity index (χ3n) is 5.58. The van der Waals surface area contributed by atoms with Gasteiger partial charge in [-0.25, -0.2) is 14.5 Å². The third-order valence-corrected chi connectivity index (χ3v) is 6.76. The van der Waals surface area contributed by atoms with Crippen LogP contribution < -0.4 is 10.9 Å². The molecule has 1 N–H and O–H groups in total. The molecule has 0 atom stereocenters. The van der Waals surface area contributed by atoms with E-state index in [0.29, 0.717) is 27.3 Å². The molecule has 9 nitrogen and oxygen atoms in total. The van der Waals surface area contributed by atoms with Crippen molar-refractivity contribution >= 4 is 39.2 Å². The number of aromatic nitrogens is 4. The van der Waals surface area contributed by atoms with E-state index in [1.807, 2.05) is 60.7 Å². The zero-order valence-electron chi connectivity index (χ0n) is 19.5. The molecule has 0 saturated carbocycles. The zero-order valence-corrected chi connectivity index (χ0v) is 20.3. The summed E-state index contributed by atoms with van der Waals surface area (Å²) in [6.07, 6.45) is 1.41. The minimum atomic E-state index is -0.686. The highest BCUT2D eigenvalue weighted by molar-refractivity contribution is 7.20. The van der Waals surface area contributed by atoms with Crippen LogP contribution in [0.3, 0.4) is 0 Å².